The van der Waals surface area contributed by atoms with Gasteiger partial charge in [0.05, 0.1) is 5.75 Å². The highest BCUT2D eigenvalue weighted by Gasteiger charge is 2.14. The summed E-state index contributed by atoms with van der Waals surface area (Å²) in [4.78, 5) is 0. The van der Waals surface area contributed by atoms with Crippen molar-refractivity contribution in [1.82, 2.24) is 10.0 Å². The molecule has 0 bridgehead atoms. The summed E-state index contributed by atoms with van der Waals surface area (Å²) in [5, 5.41) is 3.34. The van der Waals surface area contributed by atoms with E-state index in [9.17, 15) is 8.42 Å². The van der Waals surface area contributed by atoms with Crippen molar-refractivity contribution >= 4 is 22.4 Å². The third-order valence-corrected chi connectivity index (χ3v) is 4.04. The first-order chi connectivity index (χ1) is 6.64. The summed E-state index contributed by atoms with van der Waals surface area (Å²) in [6.45, 7) is 3.52. The summed E-state index contributed by atoms with van der Waals surface area (Å²) in [7, 11) is -3.00. The van der Waals surface area contributed by atoms with Crippen LogP contribution in [0.4, 0.5) is 0 Å². The lowest BCUT2D eigenvalue weighted by Gasteiger charge is -2.10. The largest absolute Gasteiger partial charge is 0.314 e. The Labute approximate surface area is 98.7 Å². The Morgan fingerprint density at radius 3 is 2.73 bits per heavy atom. The number of hydrogen-bond donors (Lipinski definition) is 2. The third kappa shape index (κ3) is 6.35. The van der Waals surface area contributed by atoms with Gasteiger partial charge in [0, 0.05) is 12.6 Å². The molecule has 1 fully saturated rings. The van der Waals surface area contributed by atoms with Crippen LogP contribution in [0.3, 0.4) is 0 Å². The molecule has 0 radical (unpaired) electrons. The molecule has 1 aliphatic heterocycles. The fraction of sp³-hybridized carbons (Fsp3) is 1.00. The van der Waals surface area contributed by atoms with Gasteiger partial charge in [-0.1, -0.05) is 6.92 Å². The van der Waals surface area contributed by atoms with Gasteiger partial charge in [-0.2, -0.15) is 0 Å². The molecule has 1 heterocycles. The predicted octanol–water partition coefficient (Wildman–Crippen LogP) is 0.880. The quantitative estimate of drug-likeness (QED) is 0.742. The molecule has 92 valence electrons. The Morgan fingerprint density at radius 2 is 2.20 bits per heavy atom. The van der Waals surface area contributed by atoms with Crippen LogP contribution >= 0.6 is 12.4 Å². The van der Waals surface area contributed by atoms with E-state index in [4.69, 9.17) is 0 Å². The summed E-state index contributed by atoms with van der Waals surface area (Å²) < 4.78 is 25.2. The van der Waals surface area contributed by atoms with Crippen LogP contribution in [0.2, 0.25) is 0 Å². The van der Waals surface area contributed by atoms with E-state index in [2.05, 4.69) is 10.0 Å². The van der Waals surface area contributed by atoms with Crippen LogP contribution in [0.5, 0.6) is 0 Å². The van der Waals surface area contributed by atoms with E-state index >= 15 is 0 Å². The number of sulfonamides is 1. The molecule has 4 nitrogen and oxygen atoms in total. The van der Waals surface area contributed by atoms with Crippen LogP contribution in [0, 0.1) is 0 Å². The zero-order valence-electron chi connectivity index (χ0n) is 9.16. The van der Waals surface area contributed by atoms with E-state index in [-0.39, 0.29) is 18.2 Å². The van der Waals surface area contributed by atoms with Crippen molar-refractivity contribution in [3.63, 3.8) is 0 Å². The normalized spacial score (nSPS) is 21.3. The minimum Gasteiger partial charge on any atom is -0.314 e. The summed E-state index contributed by atoms with van der Waals surface area (Å²) in [5.41, 5.74) is 0. The van der Waals surface area contributed by atoms with Crippen molar-refractivity contribution in [2.24, 2.45) is 0 Å². The molecule has 1 rings (SSSR count). The highest BCUT2D eigenvalue weighted by molar-refractivity contribution is 7.89. The van der Waals surface area contributed by atoms with E-state index in [1.807, 2.05) is 6.92 Å². The second kappa shape index (κ2) is 7.44. The highest BCUT2D eigenvalue weighted by Crippen LogP contribution is 2.07. The Balaban J connectivity index is 0.00000196. The van der Waals surface area contributed by atoms with Gasteiger partial charge in [0.15, 0.2) is 0 Å². The van der Waals surface area contributed by atoms with Gasteiger partial charge < -0.3 is 5.32 Å². The lowest BCUT2D eigenvalue weighted by molar-refractivity contribution is 0.539. The first-order valence-electron chi connectivity index (χ1n) is 5.35. The number of rotatable bonds is 6. The summed E-state index contributed by atoms with van der Waals surface area (Å²) in [6.07, 6.45) is 3.97. The first-order valence-corrected chi connectivity index (χ1v) is 7.00. The standard InChI is InChI=1S/C9H20N2O2S.ClH/c1-2-8-14(12,13)11-7-5-9-4-3-6-10-9;/h9-11H,2-8H2,1H3;1H/t9-;/m1./s1. The second-order valence-electron chi connectivity index (χ2n) is 3.80. The van der Waals surface area contributed by atoms with E-state index in [1.54, 1.807) is 0 Å². The highest BCUT2D eigenvalue weighted by atomic mass is 35.5. The molecule has 0 amide bonds. The van der Waals surface area contributed by atoms with Crippen molar-refractivity contribution in [2.75, 3.05) is 18.8 Å². The fourth-order valence-electron chi connectivity index (χ4n) is 1.73. The zero-order chi connectivity index (χ0) is 10.4. The van der Waals surface area contributed by atoms with Gasteiger partial charge in [-0.25, -0.2) is 13.1 Å². The van der Waals surface area contributed by atoms with Gasteiger partial charge in [0.25, 0.3) is 0 Å². The number of halogens is 1. The summed E-state index contributed by atoms with van der Waals surface area (Å²) in [6, 6.07) is 0.513. The molecule has 0 saturated carbocycles. The van der Waals surface area contributed by atoms with Crippen LogP contribution < -0.4 is 10.0 Å². The molecule has 15 heavy (non-hydrogen) atoms. The van der Waals surface area contributed by atoms with Crippen molar-refractivity contribution < 1.29 is 8.42 Å². The maximum Gasteiger partial charge on any atom is 0.211 e. The lowest BCUT2D eigenvalue weighted by atomic mass is 10.2. The minimum absolute atomic E-state index is 0. The van der Waals surface area contributed by atoms with Crippen molar-refractivity contribution in [3.05, 3.63) is 0 Å². The number of hydrogen-bond acceptors (Lipinski definition) is 3. The topological polar surface area (TPSA) is 58.2 Å². The van der Waals surface area contributed by atoms with Crippen LogP contribution in [-0.4, -0.2) is 33.3 Å². The molecular weight excluding hydrogens is 236 g/mol. The molecule has 6 heteroatoms. The Hall–Kier alpha value is 0.160. The Bertz CT molecular complexity index is 251. The smallest absolute Gasteiger partial charge is 0.211 e. The van der Waals surface area contributed by atoms with E-state index < -0.39 is 10.0 Å². The van der Waals surface area contributed by atoms with E-state index in [0.717, 1.165) is 13.0 Å². The van der Waals surface area contributed by atoms with Crippen LogP contribution in [0.15, 0.2) is 0 Å². The lowest BCUT2D eigenvalue weighted by Crippen LogP contribution is -2.31. The molecule has 1 atom stereocenters. The molecule has 2 N–H and O–H groups in total. The molecule has 1 saturated heterocycles. The minimum atomic E-state index is -3.00. The predicted molar refractivity (Wildman–Crippen MR) is 65.0 cm³/mol. The monoisotopic (exact) mass is 256 g/mol. The molecule has 0 aromatic heterocycles. The first kappa shape index (κ1) is 15.2. The average Bonchev–Trinajstić information content (AvgIpc) is 2.56. The van der Waals surface area contributed by atoms with Gasteiger partial charge in [-0.15, -0.1) is 12.4 Å². The fourth-order valence-corrected chi connectivity index (χ4v) is 2.84. The van der Waals surface area contributed by atoms with Gasteiger partial charge in [0.2, 0.25) is 10.0 Å². The molecular formula is C9H21ClN2O2S. The molecule has 0 aliphatic carbocycles. The van der Waals surface area contributed by atoms with Crippen LogP contribution in [0.25, 0.3) is 0 Å². The third-order valence-electron chi connectivity index (χ3n) is 2.45. The molecule has 0 aromatic rings. The van der Waals surface area contributed by atoms with Crippen molar-refractivity contribution in [2.45, 2.75) is 38.6 Å². The summed E-state index contributed by atoms with van der Waals surface area (Å²) >= 11 is 0. The van der Waals surface area contributed by atoms with E-state index in [1.165, 1.54) is 12.8 Å². The van der Waals surface area contributed by atoms with Crippen molar-refractivity contribution in [1.29, 1.82) is 0 Å². The maximum atomic E-state index is 11.3. The Morgan fingerprint density at radius 1 is 1.47 bits per heavy atom. The van der Waals surface area contributed by atoms with Gasteiger partial charge in [-0.3, -0.25) is 0 Å². The van der Waals surface area contributed by atoms with Crippen LogP contribution in [-0.2, 0) is 10.0 Å². The van der Waals surface area contributed by atoms with Crippen molar-refractivity contribution in [3.8, 4) is 0 Å². The van der Waals surface area contributed by atoms with Gasteiger partial charge >= 0.3 is 0 Å². The SMILES string of the molecule is CCCS(=O)(=O)NCC[C@H]1CCCN1.Cl. The molecule has 1 aliphatic rings. The van der Waals surface area contributed by atoms with Crippen LogP contribution in [0.1, 0.15) is 32.6 Å². The summed E-state index contributed by atoms with van der Waals surface area (Å²) in [5.74, 6) is 0.241. The Kier molecular flexibility index (Phi) is 7.52. The molecule has 0 spiro atoms. The zero-order valence-corrected chi connectivity index (χ0v) is 10.8. The van der Waals surface area contributed by atoms with Gasteiger partial charge in [0.1, 0.15) is 0 Å². The molecule has 0 unspecified atom stereocenters. The van der Waals surface area contributed by atoms with E-state index in [0.29, 0.717) is 19.0 Å². The van der Waals surface area contributed by atoms with Gasteiger partial charge in [-0.05, 0) is 32.2 Å². The average molecular weight is 257 g/mol. The molecule has 0 aromatic carbocycles. The maximum absolute atomic E-state index is 11.3. The number of nitrogens with one attached hydrogen (secondary N) is 2. The second-order valence-corrected chi connectivity index (χ2v) is 5.72.